The summed E-state index contributed by atoms with van der Waals surface area (Å²) in [4.78, 5) is 13.3. The van der Waals surface area contributed by atoms with Crippen LogP contribution in [0.4, 0.5) is 5.82 Å². The van der Waals surface area contributed by atoms with Crippen LogP contribution in [0.15, 0.2) is 53.3 Å². The Bertz CT molecular complexity index is 1130. The van der Waals surface area contributed by atoms with Gasteiger partial charge in [0.25, 0.3) is 0 Å². The lowest BCUT2D eigenvalue weighted by atomic mass is 10.1. The van der Waals surface area contributed by atoms with Crippen LogP contribution in [-0.2, 0) is 0 Å². The summed E-state index contributed by atoms with van der Waals surface area (Å²) in [6.07, 6.45) is 3.62. The number of benzene rings is 1. The van der Waals surface area contributed by atoms with Crippen molar-refractivity contribution in [1.82, 2.24) is 19.4 Å². The highest BCUT2D eigenvalue weighted by molar-refractivity contribution is 9.10. The van der Waals surface area contributed by atoms with E-state index in [1.807, 2.05) is 47.9 Å². The monoisotopic (exact) mass is 392 g/mol. The Labute approximate surface area is 152 Å². The molecule has 122 valence electrons. The van der Waals surface area contributed by atoms with E-state index in [1.54, 1.807) is 12.3 Å². The first-order valence-electron chi connectivity index (χ1n) is 7.71. The Kier molecular flexibility index (Phi) is 3.82. The van der Waals surface area contributed by atoms with Crippen molar-refractivity contribution in [2.45, 2.75) is 13.0 Å². The molecule has 4 rings (SSSR count). The molecule has 0 bridgehead atoms. The minimum absolute atomic E-state index is 0.111. The van der Waals surface area contributed by atoms with Gasteiger partial charge in [0.1, 0.15) is 17.6 Å². The first-order valence-corrected chi connectivity index (χ1v) is 8.51. The normalized spacial score (nSPS) is 12.2. The van der Waals surface area contributed by atoms with Crippen molar-refractivity contribution >= 4 is 38.4 Å². The lowest BCUT2D eigenvalue weighted by Gasteiger charge is -2.16. The Morgan fingerprint density at radius 1 is 1.24 bits per heavy atom. The van der Waals surface area contributed by atoms with Crippen LogP contribution in [0, 0.1) is 11.3 Å². The fraction of sp³-hybridized carbons (Fsp3) is 0.111. The van der Waals surface area contributed by atoms with Crippen LogP contribution in [0.3, 0.4) is 0 Å². The molecule has 3 heterocycles. The predicted octanol–water partition coefficient (Wildman–Crippen LogP) is 4.08. The Morgan fingerprint density at radius 2 is 2.12 bits per heavy atom. The zero-order valence-corrected chi connectivity index (χ0v) is 14.9. The van der Waals surface area contributed by atoms with E-state index in [4.69, 9.17) is 5.26 Å². The Hall–Kier alpha value is -2.98. The van der Waals surface area contributed by atoms with E-state index in [-0.39, 0.29) is 6.04 Å². The van der Waals surface area contributed by atoms with E-state index in [0.717, 1.165) is 26.9 Å². The maximum Gasteiger partial charge on any atom is 0.236 e. The zero-order valence-electron chi connectivity index (χ0n) is 13.3. The zero-order chi connectivity index (χ0) is 17.4. The smallest absolute Gasteiger partial charge is 0.236 e. The molecule has 0 amide bonds. The number of pyridine rings is 1. The molecular weight excluding hydrogens is 380 g/mol. The first kappa shape index (κ1) is 15.5. The minimum Gasteiger partial charge on any atom is -0.361 e. The lowest BCUT2D eigenvalue weighted by Crippen LogP contribution is -2.11. The second-order valence-corrected chi connectivity index (χ2v) is 6.56. The summed E-state index contributed by atoms with van der Waals surface area (Å²) in [5, 5.41) is 13.4. The van der Waals surface area contributed by atoms with E-state index < -0.39 is 0 Å². The average molecular weight is 393 g/mol. The maximum absolute atomic E-state index is 9.04. The van der Waals surface area contributed by atoms with Gasteiger partial charge < -0.3 is 5.32 Å². The van der Waals surface area contributed by atoms with Gasteiger partial charge in [-0.15, -0.1) is 0 Å². The number of imidazole rings is 1. The number of hydrogen-bond donors (Lipinski definition) is 1. The molecule has 25 heavy (non-hydrogen) atoms. The Balaban J connectivity index is 1.82. The third-order valence-electron chi connectivity index (χ3n) is 3.99. The van der Waals surface area contributed by atoms with Gasteiger partial charge in [0.2, 0.25) is 5.78 Å². The van der Waals surface area contributed by atoms with Crippen LogP contribution in [0.2, 0.25) is 0 Å². The van der Waals surface area contributed by atoms with E-state index >= 15 is 0 Å². The maximum atomic E-state index is 9.04. The third kappa shape index (κ3) is 2.81. The van der Waals surface area contributed by atoms with Crippen molar-refractivity contribution in [3.8, 4) is 6.07 Å². The summed E-state index contributed by atoms with van der Waals surface area (Å²) in [6.45, 7) is 1.99. The molecule has 7 heteroatoms. The number of halogens is 1. The number of hydrogen-bond acceptors (Lipinski definition) is 5. The van der Waals surface area contributed by atoms with Gasteiger partial charge in [-0.25, -0.2) is 9.97 Å². The van der Waals surface area contributed by atoms with Crippen molar-refractivity contribution < 1.29 is 0 Å². The van der Waals surface area contributed by atoms with Gasteiger partial charge in [-0.05, 0) is 37.3 Å². The molecule has 6 nitrogen and oxygen atoms in total. The highest BCUT2D eigenvalue weighted by atomic mass is 79.9. The van der Waals surface area contributed by atoms with Crippen LogP contribution in [-0.4, -0.2) is 19.4 Å². The second kappa shape index (κ2) is 6.15. The number of rotatable bonds is 3. The quantitative estimate of drug-likeness (QED) is 0.567. The summed E-state index contributed by atoms with van der Waals surface area (Å²) < 4.78 is 2.92. The molecular formula is C18H13BrN6. The lowest BCUT2D eigenvalue weighted by molar-refractivity contribution is 0.830. The Morgan fingerprint density at radius 3 is 2.96 bits per heavy atom. The molecule has 1 aromatic carbocycles. The predicted molar refractivity (Wildman–Crippen MR) is 99.2 cm³/mol. The first-order chi connectivity index (χ1) is 12.2. The molecule has 0 saturated heterocycles. The fourth-order valence-corrected chi connectivity index (χ4v) is 3.14. The van der Waals surface area contributed by atoms with Crippen molar-refractivity contribution in [2.24, 2.45) is 0 Å². The topological polar surface area (TPSA) is 78.9 Å². The fourth-order valence-electron chi connectivity index (χ4n) is 2.78. The molecule has 1 N–H and O–H groups in total. The number of aromatic nitrogens is 4. The molecule has 1 atom stereocenters. The van der Waals surface area contributed by atoms with Crippen LogP contribution < -0.4 is 5.32 Å². The molecule has 0 aliphatic heterocycles. The molecule has 0 unspecified atom stereocenters. The summed E-state index contributed by atoms with van der Waals surface area (Å²) >= 11 is 3.52. The highest BCUT2D eigenvalue weighted by Crippen LogP contribution is 2.28. The molecule has 0 aliphatic carbocycles. The molecule has 4 aromatic rings. The van der Waals surface area contributed by atoms with Crippen LogP contribution in [0.5, 0.6) is 0 Å². The van der Waals surface area contributed by atoms with Gasteiger partial charge in [0, 0.05) is 22.3 Å². The number of nitrogens with one attached hydrogen (secondary N) is 1. The number of nitriles is 1. The van der Waals surface area contributed by atoms with Gasteiger partial charge in [0.05, 0.1) is 17.3 Å². The summed E-state index contributed by atoms with van der Waals surface area (Å²) in [7, 11) is 0. The highest BCUT2D eigenvalue weighted by Gasteiger charge is 2.14. The number of nitrogens with zero attached hydrogens (tertiary/aromatic N) is 5. The average Bonchev–Trinajstić information content (AvgIpc) is 3.10. The van der Waals surface area contributed by atoms with Crippen molar-refractivity contribution in [3.05, 3.63) is 64.7 Å². The van der Waals surface area contributed by atoms with Gasteiger partial charge in [-0.3, -0.25) is 4.40 Å². The third-order valence-corrected chi connectivity index (χ3v) is 4.48. The second-order valence-electron chi connectivity index (χ2n) is 5.64. The van der Waals surface area contributed by atoms with Gasteiger partial charge in [-0.2, -0.15) is 10.2 Å². The molecule has 0 spiro atoms. The molecule has 0 aliphatic rings. The molecule has 0 saturated carbocycles. The largest absolute Gasteiger partial charge is 0.361 e. The minimum atomic E-state index is -0.111. The van der Waals surface area contributed by atoms with Gasteiger partial charge in [0.15, 0.2) is 0 Å². The number of anilines is 1. The van der Waals surface area contributed by atoms with Crippen molar-refractivity contribution in [2.75, 3.05) is 5.32 Å². The van der Waals surface area contributed by atoms with Gasteiger partial charge in [-0.1, -0.05) is 22.0 Å². The number of fused-ring (bicyclic) bond motifs is 3. The SMILES string of the molecule is C[C@@H](Nc1nc2nccn2c2ccc(Br)cc12)c1cccc(C#N)n1. The van der Waals surface area contributed by atoms with E-state index in [0.29, 0.717) is 11.5 Å². The van der Waals surface area contributed by atoms with Crippen molar-refractivity contribution in [1.29, 1.82) is 5.26 Å². The van der Waals surface area contributed by atoms with Crippen LogP contribution >= 0.6 is 15.9 Å². The van der Waals surface area contributed by atoms with Crippen LogP contribution in [0.25, 0.3) is 16.7 Å². The van der Waals surface area contributed by atoms with Crippen LogP contribution in [0.1, 0.15) is 24.4 Å². The summed E-state index contributed by atoms with van der Waals surface area (Å²) in [5.74, 6) is 1.36. The molecule has 0 fully saturated rings. The molecule has 3 aromatic heterocycles. The summed E-state index contributed by atoms with van der Waals surface area (Å²) in [5.41, 5.74) is 2.20. The van der Waals surface area contributed by atoms with E-state index in [2.05, 4.69) is 42.3 Å². The van der Waals surface area contributed by atoms with E-state index in [1.165, 1.54) is 0 Å². The van der Waals surface area contributed by atoms with E-state index in [9.17, 15) is 0 Å². The standard InChI is InChI=1S/C18H13BrN6/c1-11(15-4-2-3-13(10-20)23-15)22-17-14-9-12(19)5-6-16(14)25-8-7-21-18(25)24-17/h2-9,11H,1H3,(H,21,22,24)/t11-/m1/s1. The molecule has 0 radical (unpaired) electrons. The summed E-state index contributed by atoms with van der Waals surface area (Å²) in [6, 6.07) is 13.4. The van der Waals surface area contributed by atoms with Crippen molar-refractivity contribution in [3.63, 3.8) is 0 Å². The van der Waals surface area contributed by atoms with Gasteiger partial charge >= 0.3 is 0 Å².